The number of hydrogen-bond donors (Lipinski definition) is 0. The van der Waals surface area contributed by atoms with E-state index in [1.165, 1.54) is 16.9 Å². The van der Waals surface area contributed by atoms with Gasteiger partial charge in [0, 0.05) is 16.5 Å². The van der Waals surface area contributed by atoms with Crippen LogP contribution in [-0.4, -0.2) is 10.5 Å². The molecule has 5 heteroatoms. The van der Waals surface area contributed by atoms with Crippen LogP contribution in [-0.2, 0) is 10.8 Å². The second-order valence-corrected chi connectivity index (χ2v) is 9.95. The fourth-order valence-electron chi connectivity index (χ4n) is 2.91. The van der Waals surface area contributed by atoms with Crippen molar-refractivity contribution in [2.24, 2.45) is 4.99 Å². The van der Waals surface area contributed by atoms with Gasteiger partial charge in [0.1, 0.15) is 5.76 Å². The SMILES string of the molecule is Cc1ccc(C(=O)n2c(C(C)(C)C)csc2=Nc2ccc(C(C)(C)C)cc2)o1. The maximum Gasteiger partial charge on any atom is 0.300 e. The van der Waals surface area contributed by atoms with Gasteiger partial charge in [-0.05, 0) is 42.2 Å². The molecule has 0 saturated heterocycles. The molecule has 0 bridgehead atoms. The molecular weight excluding hydrogens is 368 g/mol. The van der Waals surface area contributed by atoms with Crippen molar-refractivity contribution in [1.82, 2.24) is 4.57 Å². The molecule has 0 N–H and O–H groups in total. The van der Waals surface area contributed by atoms with E-state index in [0.29, 0.717) is 16.3 Å². The van der Waals surface area contributed by atoms with E-state index < -0.39 is 0 Å². The van der Waals surface area contributed by atoms with Crippen molar-refractivity contribution >= 4 is 22.9 Å². The third-order valence-electron chi connectivity index (χ3n) is 4.59. The monoisotopic (exact) mass is 396 g/mol. The van der Waals surface area contributed by atoms with Crippen LogP contribution < -0.4 is 4.80 Å². The number of benzene rings is 1. The number of carbonyl (C=O) groups is 1. The van der Waals surface area contributed by atoms with E-state index in [2.05, 4.69) is 53.7 Å². The molecule has 148 valence electrons. The number of carbonyl (C=O) groups excluding carboxylic acids is 1. The molecule has 2 aromatic heterocycles. The van der Waals surface area contributed by atoms with Gasteiger partial charge >= 0.3 is 0 Å². The minimum Gasteiger partial charge on any atom is -0.456 e. The molecule has 0 atom stereocenters. The minimum atomic E-state index is -0.197. The normalized spacial score (nSPS) is 13.2. The smallest absolute Gasteiger partial charge is 0.300 e. The van der Waals surface area contributed by atoms with Crippen molar-refractivity contribution in [2.45, 2.75) is 59.3 Å². The lowest BCUT2D eigenvalue weighted by Crippen LogP contribution is -2.30. The van der Waals surface area contributed by atoms with Crippen LogP contribution in [0.25, 0.3) is 0 Å². The molecule has 0 fully saturated rings. The summed E-state index contributed by atoms with van der Waals surface area (Å²) in [6, 6.07) is 11.7. The number of nitrogens with zero attached hydrogens (tertiary/aromatic N) is 2. The van der Waals surface area contributed by atoms with Gasteiger partial charge in [0.05, 0.1) is 5.69 Å². The highest BCUT2D eigenvalue weighted by Gasteiger charge is 2.25. The highest BCUT2D eigenvalue weighted by atomic mass is 32.1. The predicted molar refractivity (Wildman–Crippen MR) is 115 cm³/mol. The summed E-state index contributed by atoms with van der Waals surface area (Å²) in [5.74, 6) is 0.850. The predicted octanol–water partition coefficient (Wildman–Crippen LogP) is 5.97. The zero-order chi connectivity index (χ0) is 20.7. The molecule has 0 aliphatic heterocycles. The Bertz CT molecular complexity index is 1050. The molecule has 4 nitrogen and oxygen atoms in total. The number of furan rings is 1. The Morgan fingerprint density at radius 3 is 2.11 bits per heavy atom. The number of thiazole rings is 1. The Labute approximate surface area is 170 Å². The van der Waals surface area contributed by atoms with Gasteiger partial charge in [-0.2, -0.15) is 0 Å². The summed E-state index contributed by atoms with van der Waals surface area (Å²) >= 11 is 1.47. The van der Waals surface area contributed by atoms with Crippen LogP contribution in [0.1, 0.15) is 69.1 Å². The molecule has 0 amide bonds. The Kier molecular flexibility index (Phi) is 5.24. The molecule has 0 spiro atoms. The van der Waals surface area contributed by atoms with Crippen molar-refractivity contribution < 1.29 is 9.21 Å². The van der Waals surface area contributed by atoms with Crippen LogP contribution in [0.3, 0.4) is 0 Å². The summed E-state index contributed by atoms with van der Waals surface area (Å²) in [6.45, 7) is 14.7. The summed E-state index contributed by atoms with van der Waals surface area (Å²) < 4.78 is 7.27. The molecule has 28 heavy (non-hydrogen) atoms. The first-order valence-electron chi connectivity index (χ1n) is 9.44. The van der Waals surface area contributed by atoms with Gasteiger partial charge in [0.15, 0.2) is 10.6 Å². The first-order chi connectivity index (χ1) is 13.0. The lowest BCUT2D eigenvalue weighted by molar-refractivity contribution is 0.0921. The minimum absolute atomic E-state index is 0.0912. The van der Waals surface area contributed by atoms with Crippen molar-refractivity contribution in [3.05, 3.63) is 69.4 Å². The van der Waals surface area contributed by atoms with Crippen molar-refractivity contribution in [1.29, 1.82) is 0 Å². The average Bonchev–Trinajstić information content (AvgIpc) is 3.20. The third-order valence-corrected chi connectivity index (χ3v) is 5.41. The van der Waals surface area contributed by atoms with E-state index in [1.54, 1.807) is 16.7 Å². The molecule has 0 aliphatic carbocycles. The van der Waals surface area contributed by atoms with Gasteiger partial charge in [-0.25, -0.2) is 4.99 Å². The van der Waals surface area contributed by atoms with E-state index in [9.17, 15) is 4.79 Å². The molecule has 0 radical (unpaired) electrons. The van der Waals surface area contributed by atoms with Crippen LogP contribution in [0.15, 0.2) is 51.2 Å². The summed E-state index contributed by atoms with van der Waals surface area (Å²) in [7, 11) is 0. The molecular formula is C23H28N2O2S. The van der Waals surface area contributed by atoms with E-state index in [0.717, 1.165) is 11.4 Å². The fourth-order valence-corrected chi connectivity index (χ4v) is 4.03. The van der Waals surface area contributed by atoms with Gasteiger partial charge in [-0.1, -0.05) is 53.7 Å². The van der Waals surface area contributed by atoms with Gasteiger partial charge < -0.3 is 4.42 Å². The van der Waals surface area contributed by atoms with E-state index in [1.807, 2.05) is 24.4 Å². The number of aromatic nitrogens is 1. The van der Waals surface area contributed by atoms with Crippen molar-refractivity contribution in [3.8, 4) is 0 Å². The second-order valence-electron chi connectivity index (χ2n) is 9.11. The molecule has 0 unspecified atom stereocenters. The third kappa shape index (κ3) is 4.20. The van der Waals surface area contributed by atoms with E-state index in [4.69, 9.17) is 9.41 Å². The van der Waals surface area contributed by atoms with Crippen LogP contribution in [0, 0.1) is 6.92 Å². The zero-order valence-corrected chi connectivity index (χ0v) is 18.5. The molecule has 3 rings (SSSR count). The van der Waals surface area contributed by atoms with E-state index in [-0.39, 0.29) is 16.7 Å². The molecule has 0 saturated carbocycles. The Balaban J connectivity index is 2.12. The Morgan fingerprint density at radius 2 is 1.61 bits per heavy atom. The highest BCUT2D eigenvalue weighted by molar-refractivity contribution is 7.07. The maximum absolute atomic E-state index is 13.2. The quantitative estimate of drug-likeness (QED) is 0.536. The molecule has 0 aliphatic rings. The summed E-state index contributed by atoms with van der Waals surface area (Å²) in [4.78, 5) is 18.6. The topological polar surface area (TPSA) is 47.5 Å². The lowest BCUT2D eigenvalue weighted by atomic mass is 9.87. The number of aryl methyl sites for hydroxylation is 1. The summed E-state index contributed by atoms with van der Waals surface area (Å²) in [6.07, 6.45) is 0. The summed E-state index contributed by atoms with van der Waals surface area (Å²) in [5, 5.41) is 2.01. The number of hydrogen-bond acceptors (Lipinski definition) is 4. The zero-order valence-electron chi connectivity index (χ0n) is 17.7. The standard InChI is InChI=1S/C23H28N2O2S/c1-15-8-13-18(27-15)20(26)25-19(23(5,6)7)14-28-21(25)24-17-11-9-16(10-12-17)22(2,3)4/h8-14H,1-7H3. The molecule has 1 aromatic carbocycles. The average molecular weight is 397 g/mol. The lowest BCUT2D eigenvalue weighted by Gasteiger charge is -2.19. The Hall–Kier alpha value is -2.40. The molecule has 2 heterocycles. The first-order valence-corrected chi connectivity index (χ1v) is 10.3. The largest absolute Gasteiger partial charge is 0.456 e. The first kappa shape index (κ1) is 20.3. The number of rotatable bonds is 2. The maximum atomic E-state index is 13.2. The molecule has 3 aromatic rings. The van der Waals surface area contributed by atoms with Gasteiger partial charge in [0.25, 0.3) is 5.91 Å². The van der Waals surface area contributed by atoms with E-state index >= 15 is 0 Å². The van der Waals surface area contributed by atoms with Crippen LogP contribution in [0.4, 0.5) is 5.69 Å². The van der Waals surface area contributed by atoms with Crippen LogP contribution in [0.5, 0.6) is 0 Å². The van der Waals surface area contributed by atoms with Gasteiger partial charge in [-0.15, -0.1) is 11.3 Å². The Morgan fingerprint density at radius 1 is 0.964 bits per heavy atom. The van der Waals surface area contributed by atoms with Crippen molar-refractivity contribution in [2.75, 3.05) is 0 Å². The van der Waals surface area contributed by atoms with Crippen molar-refractivity contribution in [3.63, 3.8) is 0 Å². The van der Waals surface area contributed by atoms with Gasteiger partial charge in [-0.3, -0.25) is 9.36 Å². The highest BCUT2D eigenvalue weighted by Crippen LogP contribution is 2.26. The van der Waals surface area contributed by atoms with Gasteiger partial charge in [0.2, 0.25) is 0 Å². The summed E-state index contributed by atoms with van der Waals surface area (Å²) in [5.41, 5.74) is 2.89. The fraction of sp³-hybridized carbons (Fsp3) is 0.391. The second kappa shape index (κ2) is 7.21. The van der Waals surface area contributed by atoms with Crippen LogP contribution >= 0.6 is 11.3 Å². The van der Waals surface area contributed by atoms with Crippen LogP contribution in [0.2, 0.25) is 0 Å².